The van der Waals surface area contributed by atoms with Gasteiger partial charge in [-0.3, -0.25) is 0 Å². The summed E-state index contributed by atoms with van der Waals surface area (Å²) in [6.07, 6.45) is 2.35. The number of nitrogens with zero attached hydrogens (tertiary/aromatic N) is 1. The Morgan fingerprint density at radius 2 is 1.67 bits per heavy atom. The molecule has 52 valence electrons. The van der Waals surface area contributed by atoms with Crippen molar-refractivity contribution in [3.63, 3.8) is 0 Å². The number of rotatable bonds is 1. The van der Waals surface area contributed by atoms with Crippen LogP contribution in [0.15, 0.2) is 0 Å². The second-order valence-corrected chi connectivity index (χ2v) is 3.80. The molecule has 2 heteroatoms. The normalized spacial score (nSPS) is 54.7. The predicted molar refractivity (Wildman–Crippen MR) is 34.1 cm³/mol. The number of hydrogen-bond acceptors (Lipinski definition) is 1. The zero-order valence-corrected chi connectivity index (χ0v) is 5.95. The Morgan fingerprint density at radius 1 is 1.22 bits per heavy atom. The van der Waals surface area contributed by atoms with Crippen LogP contribution >= 0.6 is 0 Å². The van der Waals surface area contributed by atoms with E-state index in [4.69, 9.17) is 0 Å². The minimum absolute atomic E-state index is 0.286. The van der Waals surface area contributed by atoms with Crippen molar-refractivity contribution < 1.29 is 4.39 Å². The van der Waals surface area contributed by atoms with E-state index < -0.39 is 5.67 Å². The smallest absolute Gasteiger partial charge is 0.116 e. The van der Waals surface area contributed by atoms with Gasteiger partial charge in [-0.2, -0.15) is 0 Å². The molecular weight excluding hydrogens is 117 g/mol. The summed E-state index contributed by atoms with van der Waals surface area (Å²) in [7, 11) is 4.08. The summed E-state index contributed by atoms with van der Waals surface area (Å²) in [6, 6.07) is 0. The highest BCUT2D eigenvalue weighted by Crippen LogP contribution is 2.65. The van der Waals surface area contributed by atoms with Gasteiger partial charge in [0.25, 0.3) is 0 Å². The first-order chi connectivity index (χ1) is 4.06. The molecule has 2 bridgehead atoms. The molecule has 0 spiro atoms. The van der Waals surface area contributed by atoms with Crippen LogP contribution in [0.4, 0.5) is 4.39 Å². The van der Waals surface area contributed by atoms with E-state index in [0.717, 1.165) is 19.3 Å². The van der Waals surface area contributed by atoms with Crippen molar-refractivity contribution in [3.05, 3.63) is 0 Å². The Morgan fingerprint density at radius 3 is 1.78 bits per heavy atom. The maximum Gasteiger partial charge on any atom is 0.116 e. The van der Waals surface area contributed by atoms with E-state index in [1.165, 1.54) is 0 Å². The van der Waals surface area contributed by atoms with Crippen molar-refractivity contribution >= 4 is 0 Å². The number of halogens is 1. The summed E-state index contributed by atoms with van der Waals surface area (Å²) in [6.45, 7) is 0. The predicted octanol–water partition coefficient (Wildman–Crippen LogP) is 1.19. The van der Waals surface area contributed by atoms with E-state index in [2.05, 4.69) is 4.90 Å². The number of alkyl halides is 1. The third-order valence-electron chi connectivity index (χ3n) is 2.89. The van der Waals surface area contributed by atoms with Crippen molar-refractivity contribution in [2.45, 2.75) is 30.5 Å². The molecular formula is C7H12FN. The fourth-order valence-electron chi connectivity index (χ4n) is 2.09. The molecule has 3 aliphatic carbocycles. The highest BCUT2D eigenvalue weighted by atomic mass is 19.1. The topological polar surface area (TPSA) is 3.24 Å². The molecule has 0 N–H and O–H groups in total. The van der Waals surface area contributed by atoms with Crippen LogP contribution < -0.4 is 0 Å². The number of hydrogen-bond donors (Lipinski definition) is 0. The highest BCUT2D eigenvalue weighted by molar-refractivity contribution is 5.24. The van der Waals surface area contributed by atoms with Crippen molar-refractivity contribution in [2.24, 2.45) is 0 Å². The maximum absolute atomic E-state index is 12.8. The Hall–Kier alpha value is -0.110. The molecule has 1 nitrogen and oxygen atoms in total. The van der Waals surface area contributed by atoms with Gasteiger partial charge in [-0.1, -0.05) is 0 Å². The Labute approximate surface area is 54.8 Å². The standard InChI is InChI=1S/C7H12FN/c1-9(2)7-3-6(8,4-7)5-7/h3-5H2,1-2H3/t6-,7-. The summed E-state index contributed by atoms with van der Waals surface area (Å²) in [4.78, 5) is 2.16. The van der Waals surface area contributed by atoms with Gasteiger partial charge >= 0.3 is 0 Å². The average molecular weight is 129 g/mol. The average Bonchev–Trinajstić information content (AvgIpc) is 1.54. The van der Waals surface area contributed by atoms with Crippen LogP contribution in [0.25, 0.3) is 0 Å². The Balaban J connectivity index is 2.04. The van der Waals surface area contributed by atoms with Crippen LogP contribution in [0, 0.1) is 0 Å². The van der Waals surface area contributed by atoms with E-state index >= 15 is 0 Å². The fourth-order valence-corrected chi connectivity index (χ4v) is 2.09. The molecule has 0 amide bonds. The van der Waals surface area contributed by atoms with E-state index in [0.29, 0.717) is 0 Å². The third-order valence-corrected chi connectivity index (χ3v) is 2.89. The Kier molecular flexibility index (Phi) is 0.736. The van der Waals surface area contributed by atoms with Gasteiger partial charge in [0.15, 0.2) is 0 Å². The quantitative estimate of drug-likeness (QED) is 0.514. The van der Waals surface area contributed by atoms with Crippen molar-refractivity contribution in [3.8, 4) is 0 Å². The molecule has 0 saturated heterocycles. The minimum atomic E-state index is -0.732. The SMILES string of the molecule is CN(C)[C@]12C[C@@](F)(C1)C2. The first-order valence-corrected chi connectivity index (χ1v) is 3.43. The van der Waals surface area contributed by atoms with Gasteiger partial charge in [0.1, 0.15) is 5.67 Å². The lowest BCUT2D eigenvalue weighted by molar-refractivity contribution is -0.214. The summed E-state index contributed by atoms with van der Waals surface area (Å²) in [5, 5.41) is 0. The van der Waals surface area contributed by atoms with Crippen LogP contribution in [0.5, 0.6) is 0 Å². The summed E-state index contributed by atoms with van der Waals surface area (Å²) < 4.78 is 12.8. The molecule has 3 rings (SSSR count). The molecule has 9 heavy (non-hydrogen) atoms. The third kappa shape index (κ3) is 0.480. The van der Waals surface area contributed by atoms with Crippen LogP contribution in [-0.4, -0.2) is 30.2 Å². The van der Waals surface area contributed by atoms with E-state index in [-0.39, 0.29) is 5.54 Å². The van der Waals surface area contributed by atoms with Gasteiger partial charge < -0.3 is 4.90 Å². The van der Waals surface area contributed by atoms with E-state index in [1.807, 2.05) is 14.1 Å². The van der Waals surface area contributed by atoms with Gasteiger partial charge in [0.2, 0.25) is 0 Å². The lowest BCUT2D eigenvalue weighted by atomic mass is 9.47. The largest absolute Gasteiger partial charge is 0.303 e. The first-order valence-electron chi connectivity index (χ1n) is 3.43. The van der Waals surface area contributed by atoms with E-state index in [9.17, 15) is 4.39 Å². The minimum Gasteiger partial charge on any atom is -0.303 e. The molecule has 3 saturated carbocycles. The van der Waals surface area contributed by atoms with Crippen LogP contribution in [-0.2, 0) is 0 Å². The summed E-state index contributed by atoms with van der Waals surface area (Å²) >= 11 is 0. The van der Waals surface area contributed by atoms with Crippen molar-refractivity contribution in [1.82, 2.24) is 4.90 Å². The fraction of sp³-hybridized carbons (Fsp3) is 1.00. The zero-order chi connectivity index (χ0) is 6.70. The molecule has 0 aromatic rings. The second-order valence-electron chi connectivity index (χ2n) is 3.80. The molecule has 0 aromatic heterocycles. The molecule has 0 aromatic carbocycles. The second kappa shape index (κ2) is 1.17. The lowest BCUT2D eigenvalue weighted by Gasteiger charge is -2.68. The molecule has 0 unspecified atom stereocenters. The van der Waals surface area contributed by atoms with Crippen LogP contribution in [0.1, 0.15) is 19.3 Å². The van der Waals surface area contributed by atoms with Gasteiger partial charge in [0.05, 0.1) is 0 Å². The first kappa shape index (κ1) is 5.66. The van der Waals surface area contributed by atoms with Crippen LogP contribution in [0.2, 0.25) is 0 Å². The lowest BCUT2D eigenvalue weighted by Crippen LogP contribution is -2.75. The molecule has 0 heterocycles. The Bertz CT molecular complexity index is 133. The van der Waals surface area contributed by atoms with Gasteiger partial charge in [0, 0.05) is 24.8 Å². The zero-order valence-electron chi connectivity index (χ0n) is 5.95. The highest BCUT2D eigenvalue weighted by Gasteiger charge is 2.70. The summed E-state index contributed by atoms with van der Waals surface area (Å²) in [5.41, 5.74) is -0.445. The molecule has 3 fully saturated rings. The van der Waals surface area contributed by atoms with E-state index in [1.54, 1.807) is 0 Å². The summed E-state index contributed by atoms with van der Waals surface area (Å²) in [5.74, 6) is 0. The van der Waals surface area contributed by atoms with Crippen molar-refractivity contribution in [2.75, 3.05) is 14.1 Å². The van der Waals surface area contributed by atoms with Gasteiger partial charge in [-0.05, 0) is 14.1 Å². The van der Waals surface area contributed by atoms with Gasteiger partial charge in [-0.25, -0.2) is 4.39 Å². The molecule has 0 radical (unpaired) electrons. The molecule has 0 aliphatic heterocycles. The molecule has 0 atom stereocenters. The van der Waals surface area contributed by atoms with Crippen LogP contribution in [0.3, 0.4) is 0 Å². The molecule has 3 aliphatic rings. The monoisotopic (exact) mass is 129 g/mol. The van der Waals surface area contributed by atoms with Crippen molar-refractivity contribution in [1.29, 1.82) is 0 Å². The van der Waals surface area contributed by atoms with Gasteiger partial charge in [-0.15, -0.1) is 0 Å². The maximum atomic E-state index is 12.8.